The van der Waals surface area contributed by atoms with Crippen molar-refractivity contribution in [1.29, 1.82) is 0 Å². The number of rotatable bonds is 13. The number of aliphatic hydroxyl groups excluding tert-OH is 1. The van der Waals surface area contributed by atoms with Gasteiger partial charge in [0.1, 0.15) is 0 Å². The number of aliphatic hydroxyl groups is 1. The van der Waals surface area contributed by atoms with Gasteiger partial charge in [0.05, 0.1) is 12.8 Å². The Morgan fingerprint density at radius 3 is 2.76 bits per heavy atom. The summed E-state index contributed by atoms with van der Waals surface area (Å²) in [7, 11) is 0. The van der Waals surface area contributed by atoms with Gasteiger partial charge in [0.15, 0.2) is 6.61 Å². The number of nitrogens with one attached hydrogen (secondary N) is 3. The van der Waals surface area contributed by atoms with Crippen LogP contribution >= 0.6 is 0 Å². The van der Waals surface area contributed by atoms with Gasteiger partial charge in [0.2, 0.25) is 5.95 Å². The number of amides is 1. The van der Waals surface area contributed by atoms with Crippen LogP contribution in [0.5, 0.6) is 6.01 Å². The van der Waals surface area contributed by atoms with E-state index in [2.05, 4.69) is 49.6 Å². The first kappa shape index (κ1) is 23.9. The fraction of sp³-hybridized carbons (Fsp3) is 0.409. The first-order valence-electron chi connectivity index (χ1n) is 11.0. The topological polar surface area (TPSA) is 141 Å². The smallest absolute Gasteiger partial charge is 0.323 e. The summed E-state index contributed by atoms with van der Waals surface area (Å²) in [5.74, 6) is 0.278. The van der Waals surface area contributed by atoms with Crippen molar-refractivity contribution in [3.8, 4) is 6.01 Å². The van der Waals surface area contributed by atoms with Gasteiger partial charge in [-0.3, -0.25) is 4.79 Å². The number of benzene rings is 1. The number of hydrogen-bond donors (Lipinski definition) is 4. The van der Waals surface area contributed by atoms with E-state index in [1.165, 1.54) is 0 Å². The molecule has 11 nitrogen and oxygen atoms in total. The molecule has 0 spiro atoms. The highest BCUT2D eigenvalue weighted by atomic mass is 16.5. The van der Waals surface area contributed by atoms with E-state index in [1.807, 2.05) is 35.4 Å². The molecule has 0 saturated heterocycles. The van der Waals surface area contributed by atoms with Gasteiger partial charge in [-0.25, -0.2) is 5.43 Å². The molecule has 1 amide bonds. The lowest BCUT2D eigenvalue weighted by molar-refractivity contribution is -0.123. The maximum absolute atomic E-state index is 11.8. The normalized spacial score (nSPS) is 11.1. The van der Waals surface area contributed by atoms with Gasteiger partial charge in [-0.05, 0) is 18.9 Å². The molecule has 11 heteroatoms. The number of H-pyrrole nitrogens is 1. The first-order chi connectivity index (χ1) is 16.1. The average molecular weight is 455 g/mol. The standard InChI is InChI=1S/C22H30N8O3/c1-3-10-30(11-4-2)21-26-20(27-22(28-21)33-15-19(32)23-9-12-31)29-25-14-16-13-24-18-8-6-5-7-17(16)18/h5-8,13-14,24,31H,3-4,9-12,15H2,1-2H3,(H,23,32)(H,26,27,28,29)/b25-14+. The molecule has 0 aliphatic carbocycles. The van der Waals surface area contributed by atoms with Gasteiger partial charge in [0.25, 0.3) is 11.9 Å². The predicted molar refractivity (Wildman–Crippen MR) is 128 cm³/mol. The van der Waals surface area contributed by atoms with E-state index in [0.29, 0.717) is 5.95 Å². The Morgan fingerprint density at radius 1 is 1.21 bits per heavy atom. The third-order valence-electron chi connectivity index (χ3n) is 4.63. The summed E-state index contributed by atoms with van der Waals surface area (Å²) >= 11 is 0. The van der Waals surface area contributed by atoms with Crippen molar-refractivity contribution in [2.75, 3.05) is 43.2 Å². The Kier molecular flexibility index (Phi) is 8.95. The predicted octanol–water partition coefficient (Wildman–Crippen LogP) is 1.91. The van der Waals surface area contributed by atoms with Gasteiger partial charge in [-0.2, -0.15) is 20.1 Å². The van der Waals surface area contributed by atoms with Gasteiger partial charge in [-0.1, -0.05) is 32.0 Å². The van der Waals surface area contributed by atoms with Crippen molar-refractivity contribution >= 4 is 34.9 Å². The zero-order valence-corrected chi connectivity index (χ0v) is 18.9. The van der Waals surface area contributed by atoms with Crippen LogP contribution in [0.1, 0.15) is 32.3 Å². The third kappa shape index (κ3) is 6.88. The van der Waals surface area contributed by atoms with Gasteiger partial charge in [-0.15, -0.1) is 0 Å². The molecule has 0 fully saturated rings. The van der Waals surface area contributed by atoms with Crippen LogP contribution in [0.4, 0.5) is 11.9 Å². The Hall–Kier alpha value is -3.73. The van der Waals surface area contributed by atoms with Crippen LogP contribution in [0.25, 0.3) is 10.9 Å². The largest absolute Gasteiger partial charge is 0.453 e. The van der Waals surface area contributed by atoms with E-state index in [4.69, 9.17) is 9.84 Å². The number of nitrogens with zero attached hydrogens (tertiary/aromatic N) is 5. The molecule has 4 N–H and O–H groups in total. The van der Waals surface area contributed by atoms with Crippen molar-refractivity contribution in [3.05, 3.63) is 36.0 Å². The number of carbonyl (C=O) groups is 1. The van der Waals surface area contributed by atoms with E-state index >= 15 is 0 Å². The van der Waals surface area contributed by atoms with E-state index in [9.17, 15) is 4.79 Å². The number of anilines is 2. The molecular weight excluding hydrogens is 424 g/mol. The minimum Gasteiger partial charge on any atom is -0.453 e. The minimum absolute atomic E-state index is 0.0150. The monoisotopic (exact) mass is 454 g/mol. The molecule has 3 aromatic rings. The van der Waals surface area contributed by atoms with Crippen molar-refractivity contribution in [3.63, 3.8) is 0 Å². The highest BCUT2D eigenvalue weighted by Crippen LogP contribution is 2.17. The molecule has 3 rings (SSSR count). The van der Waals surface area contributed by atoms with Crippen LogP contribution in [0.3, 0.4) is 0 Å². The molecule has 0 aliphatic heterocycles. The highest BCUT2D eigenvalue weighted by Gasteiger charge is 2.14. The number of aromatic amines is 1. The first-order valence-corrected chi connectivity index (χ1v) is 11.0. The Labute approximate surface area is 192 Å². The van der Waals surface area contributed by atoms with Crippen LogP contribution in [0, 0.1) is 0 Å². The van der Waals surface area contributed by atoms with Crippen LogP contribution in [0.2, 0.25) is 0 Å². The summed E-state index contributed by atoms with van der Waals surface area (Å²) in [6.07, 6.45) is 5.40. The summed E-state index contributed by atoms with van der Waals surface area (Å²) < 4.78 is 5.48. The molecule has 0 saturated carbocycles. The number of para-hydroxylation sites is 1. The minimum atomic E-state index is -0.378. The number of aromatic nitrogens is 4. The zero-order valence-electron chi connectivity index (χ0n) is 18.9. The Bertz CT molecular complexity index is 1060. The summed E-state index contributed by atoms with van der Waals surface area (Å²) in [6.45, 7) is 5.43. The molecule has 0 aliphatic rings. The van der Waals surface area contributed by atoms with Crippen molar-refractivity contribution < 1.29 is 14.6 Å². The van der Waals surface area contributed by atoms with E-state index in [1.54, 1.807) is 6.21 Å². The van der Waals surface area contributed by atoms with Crippen LogP contribution in [0.15, 0.2) is 35.6 Å². The lowest BCUT2D eigenvalue weighted by atomic mass is 10.2. The molecule has 176 valence electrons. The van der Waals surface area contributed by atoms with Crippen molar-refractivity contribution in [2.24, 2.45) is 5.10 Å². The lowest BCUT2D eigenvalue weighted by Gasteiger charge is -2.21. The summed E-state index contributed by atoms with van der Waals surface area (Å²) in [5.41, 5.74) is 4.78. The van der Waals surface area contributed by atoms with Crippen LogP contribution in [-0.2, 0) is 4.79 Å². The number of fused-ring (bicyclic) bond motifs is 1. The molecule has 0 radical (unpaired) electrons. The fourth-order valence-corrected chi connectivity index (χ4v) is 3.19. The lowest BCUT2D eigenvalue weighted by Crippen LogP contribution is -2.31. The average Bonchev–Trinajstić information content (AvgIpc) is 3.24. The third-order valence-corrected chi connectivity index (χ3v) is 4.63. The fourth-order valence-electron chi connectivity index (χ4n) is 3.19. The summed E-state index contributed by atoms with van der Waals surface area (Å²) in [4.78, 5) is 30.2. The molecule has 2 aromatic heterocycles. The van der Waals surface area contributed by atoms with Gasteiger partial charge >= 0.3 is 6.01 Å². The quantitative estimate of drug-likeness (QED) is 0.227. The van der Waals surface area contributed by atoms with Gasteiger partial charge < -0.3 is 25.0 Å². The van der Waals surface area contributed by atoms with E-state index < -0.39 is 0 Å². The molecule has 33 heavy (non-hydrogen) atoms. The summed E-state index contributed by atoms with van der Waals surface area (Å²) in [5, 5.41) is 16.7. The molecule has 0 atom stereocenters. The maximum atomic E-state index is 11.8. The molecule has 1 aromatic carbocycles. The number of hydrogen-bond acceptors (Lipinski definition) is 9. The second kappa shape index (κ2) is 12.3. The van der Waals surface area contributed by atoms with Crippen LogP contribution in [-0.4, -0.2) is 70.0 Å². The van der Waals surface area contributed by atoms with Gasteiger partial charge in [0, 0.05) is 42.3 Å². The maximum Gasteiger partial charge on any atom is 0.323 e. The Morgan fingerprint density at radius 2 is 2.00 bits per heavy atom. The molecule has 2 heterocycles. The number of carbonyl (C=O) groups excluding carboxylic acids is 1. The Balaban J connectivity index is 1.79. The van der Waals surface area contributed by atoms with E-state index in [-0.39, 0.29) is 37.6 Å². The second-order valence-corrected chi connectivity index (χ2v) is 7.25. The highest BCUT2D eigenvalue weighted by molar-refractivity contribution is 5.99. The zero-order chi connectivity index (χ0) is 23.5. The van der Waals surface area contributed by atoms with Crippen LogP contribution < -0.4 is 20.4 Å². The van der Waals surface area contributed by atoms with Crippen molar-refractivity contribution in [1.82, 2.24) is 25.3 Å². The number of ether oxygens (including phenoxy) is 1. The van der Waals surface area contributed by atoms with E-state index in [0.717, 1.165) is 42.4 Å². The summed E-state index contributed by atoms with van der Waals surface area (Å²) in [6, 6.07) is 7.95. The molecule has 0 unspecified atom stereocenters. The number of hydrazone groups is 1. The molecular formula is C22H30N8O3. The van der Waals surface area contributed by atoms with Crippen molar-refractivity contribution in [2.45, 2.75) is 26.7 Å². The SMILES string of the molecule is CCCN(CCC)c1nc(N/N=C/c2c[nH]c3ccccc23)nc(OCC(=O)NCCO)n1. The molecule has 0 bridgehead atoms. The second-order valence-electron chi connectivity index (χ2n) is 7.25.